The van der Waals surface area contributed by atoms with Crippen molar-refractivity contribution in [2.45, 2.75) is 18.8 Å². The molecule has 0 spiro atoms. The molecule has 2 aromatic heterocycles. The average Bonchev–Trinajstić information content (AvgIpc) is 3.36. The second kappa shape index (κ2) is 9.01. The van der Waals surface area contributed by atoms with Crippen molar-refractivity contribution in [1.29, 1.82) is 0 Å². The van der Waals surface area contributed by atoms with Crippen LogP contribution < -0.4 is 0 Å². The Labute approximate surface area is 208 Å². The van der Waals surface area contributed by atoms with Crippen LogP contribution in [0.4, 0.5) is 13.2 Å². The van der Waals surface area contributed by atoms with Gasteiger partial charge in [-0.25, -0.2) is 18.0 Å². The summed E-state index contributed by atoms with van der Waals surface area (Å²) in [6.07, 6.45) is 2.96. The molecule has 3 aromatic carbocycles. The summed E-state index contributed by atoms with van der Waals surface area (Å²) < 4.78 is 49.2. The smallest absolute Gasteiger partial charge is 0.335 e. The number of halogens is 3. The molecule has 0 bridgehead atoms. The number of rotatable bonds is 4. The molecule has 186 valence electrons. The fraction of sp³-hybridized carbons (Fsp3) is 0.179. The summed E-state index contributed by atoms with van der Waals surface area (Å²) in [6, 6.07) is 11.1. The van der Waals surface area contributed by atoms with Crippen LogP contribution in [0.3, 0.4) is 0 Å². The van der Waals surface area contributed by atoms with Gasteiger partial charge in [0, 0.05) is 41.0 Å². The monoisotopic (exact) mass is 503 g/mol. The lowest BCUT2D eigenvalue weighted by atomic mass is 9.85. The highest BCUT2D eigenvalue weighted by atomic mass is 19.2. The van der Waals surface area contributed by atoms with Gasteiger partial charge in [-0.15, -0.1) is 0 Å². The Kier molecular flexibility index (Phi) is 5.64. The fourth-order valence-electron chi connectivity index (χ4n) is 5.04. The lowest BCUT2D eigenvalue weighted by Gasteiger charge is -2.26. The number of fused-ring (bicyclic) bond motifs is 2. The van der Waals surface area contributed by atoms with Gasteiger partial charge < -0.3 is 9.84 Å². The van der Waals surface area contributed by atoms with Gasteiger partial charge in [0.25, 0.3) is 0 Å². The van der Waals surface area contributed by atoms with E-state index in [1.54, 1.807) is 12.3 Å². The molecule has 0 unspecified atom stereocenters. The predicted octanol–water partition coefficient (Wildman–Crippen LogP) is 6.45. The Hall–Kier alpha value is -4.24. The van der Waals surface area contributed by atoms with E-state index < -0.39 is 23.4 Å². The van der Waals surface area contributed by atoms with Gasteiger partial charge in [0.1, 0.15) is 5.82 Å². The van der Waals surface area contributed by atoms with Crippen molar-refractivity contribution in [3.8, 4) is 22.4 Å². The number of hydrogen-bond donors (Lipinski definition) is 2. The minimum absolute atomic E-state index is 0.0681. The number of hydrogen-bond acceptors (Lipinski definition) is 4. The third-order valence-electron chi connectivity index (χ3n) is 6.88. The Morgan fingerprint density at radius 2 is 1.76 bits per heavy atom. The molecule has 37 heavy (non-hydrogen) atoms. The molecule has 3 heterocycles. The molecule has 0 radical (unpaired) electrons. The number of aromatic nitrogens is 3. The summed E-state index contributed by atoms with van der Waals surface area (Å²) in [5.41, 5.74) is 2.69. The molecule has 2 N–H and O–H groups in total. The zero-order valence-corrected chi connectivity index (χ0v) is 19.4. The lowest BCUT2D eigenvalue weighted by Crippen LogP contribution is -2.16. The molecule has 0 atom stereocenters. The maximum absolute atomic E-state index is 15.3. The summed E-state index contributed by atoms with van der Waals surface area (Å²) in [5, 5.41) is 18.3. The maximum Gasteiger partial charge on any atom is 0.335 e. The zero-order chi connectivity index (χ0) is 25.7. The first kappa shape index (κ1) is 23.2. The van der Waals surface area contributed by atoms with Gasteiger partial charge in [-0.3, -0.25) is 10.1 Å². The van der Waals surface area contributed by atoms with Gasteiger partial charge in [0.2, 0.25) is 0 Å². The Bertz CT molecular complexity index is 1690. The first-order valence-corrected chi connectivity index (χ1v) is 11.8. The van der Waals surface area contributed by atoms with Crippen LogP contribution in [0.5, 0.6) is 0 Å². The van der Waals surface area contributed by atoms with E-state index in [-0.39, 0.29) is 17.0 Å². The van der Waals surface area contributed by atoms with Crippen molar-refractivity contribution in [3.05, 3.63) is 83.4 Å². The Morgan fingerprint density at radius 1 is 0.946 bits per heavy atom. The molecule has 5 aromatic rings. The highest BCUT2D eigenvalue weighted by Crippen LogP contribution is 2.43. The first-order valence-electron chi connectivity index (χ1n) is 11.8. The summed E-state index contributed by atoms with van der Waals surface area (Å²) in [4.78, 5) is 16.3. The van der Waals surface area contributed by atoms with Crippen molar-refractivity contribution >= 4 is 27.6 Å². The SMILES string of the molecule is O=C(O)c1ccc(-c2nc(C3CCOCC3)c(-c3ccc(F)c(F)c3)c3cc4cn[nH]c4cc23)c(F)c1. The van der Waals surface area contributed by atoms with Crippen LogP contribution in [0.2, 0.25) is 0 Å². The number of H-pyrrole nitrogens is 1. The van der Waals surface area contributed by atoms with Gasteiger partial charge >= 0.3 is 5.97 Å². The largest absolute Gasteiger partial charge is 0.478 e. The number of carboxylic acids is 1. The number of ether oxygens (including phenoxy) is 1. The second-order valence-electron chi connectivity index (χ2n) is 9.09. The van der Waals surface area contributed by atoms with Crippen molar-refractivity contribution in [2.75, 3.05) is 13.2 Å². The average molecular weight is 503 g/mol. The van der Waals surface area contributed by atoms with Crippen molar-refractivity contribution in [1.82, 2.24) is 15.2 Å². The molecule has 1 fully saturated rings. The molecule has 6 nitrogen and oxygen atoms in total. The van der Waals surface area contributed by atoms with Gasteiger partial charge in [-0.1, -0.05) is 6.07 Å². The highest BCUT2D eigenvalue weighted by Gasteiger charge is 2.27. The zero-order valence-electron chi connectivity index (χ0n) is 19.4. The van der Waals surface area contributed by atoms with Crippen molar-refractivity contribution in [3.63, 3.8) is 0 Å². The molecule has 1 saturated heterocycles. The van der Waals surface area contributed by atoms with Crippen LogP contribution in [0.25, 0.3) is 44.1 Å². The third kappa shape index (κ3) is 4.01. The van der Waals surface area contributed by atoms with E-state index in [9.17, 15) is 18.7 Å². The molecule has 0 saturated carbocycles. The van der Waals surface area contributed by atoms with E-state index in [2.05, 4.69) is 10.2 Å². The molecule has 6 rings (SSSR count). The number of nitrogens with zero attached hydrogens (tertiary/aromatic N) is 2. The van der Waals surface area contributed by atoms with E-state index in [1.165, 1.54) is 18.2 Å². The van der Waals surface area contributed by atoms with E-state index in [0.29, 0.717) is 64.9 Å². The van der Waals surface area contributed by atoms with Crippen molar-refractivity contribution in [2.24, 2.45) is 0 Å². The van der Waals surface area contributed by atoms with Crippen LogP contribution in [0.1, 0.15) is 34.8 Å². The number of carbonyl (C=O) groups is 1. The number of carboxylic acid groups (broad SMARTS) is 1. The molecule has 1 aliphatic heterocycles. The predicted molar refractivity (Wildman–Crippen MR) is 132 cm³/mol. The number of aromatic carboxylic acids is 1. The number of nitrogens with one attached hydrogen (secondary N) is 1. The minimum atomic E-state index is -1.24. The highest BCUT2D eigenvalue weighted by molar-refractivity contribution is 6.09. The number of aromatic amines is 1. The minimum Gasteiger partial charge on any atom is -0.478 e. The standard InChI is InChI=1S/C28H20F3N3O3/c29-21-4-2-15(10-23(21)31)25-19-9-17-13-32-34-24(17)12-20(19)27(33-26(25)14-5-7-37-8-6-14)18-3-1-16(28(35)36)11-22(18)30/h1-4,9-14H,5-8H2,(H,32,34)(H,35,36). The number of benzene rings is 3. The molecular weight excluding hydrogens is 483 g/mol. The second-order valence-corrected chi connectivity index (χ2v) is 9.09. The lowest BCUT2D eigenvalue weighted by molar-refractivity contribution is 0.0696. The maximum atomic E-state index is 15.3. The topological polar surface area (TPSA) is 88.1 Å². The summed E-state index contributed by atoms with van der Waals surface area (Å²) in [5.74, 6) is -3.97. The first-order chi connectivity index (χ1) is 17.9. The van der Waals surface area contributed by atoms with Crippen LogP contribution in [0, 0.1) is 17.5 Å². The van der Waals surface area contributed by atoms with E-state index in [1.807, 2.05) is 6.07 Å². The summed E-state index contributed by atoms with van der Waals surface area (Å²) >= 11 is 0. The van der Waals surface area contributed by atoms with Gasteiger partial charge in [-0.2, -0.15) is 5.10 Å². The van der Waals surface area contributed by atoms with E-state index >= 15 is 4.39 Å². The molecule has 1 aliphatic rings. The van der Waals surface area contributed by atoms with Gasteiger partial charge in [-0.05, 0) is 66.3 Å². The van der Waals surface area contributed by atoms with E-state index in [0.717, 1.165) is 23.6 Å². The normalized spacial score (nSPS) is 14.5. The summed E-state index contributed by atoms with van der Waals surface area (Å²) in [7, 11) is 0. The third-order valence-corrected chi connectivity index (χ3v) is 6.88. The van der Waals surface area contributed by atoms with Crippen LogP contribution in [-0.2, 0) is 4.74 Å². The molecule has 0 amide bonds. The molecular formula is C28H20F3N3O3. The summed E-state index contributed by atoms with van der Waals surface area (Å²) in [6.45, 7) is 1.03. The Balaban J connectivity index is 1.72. The van der Waals surface area contributed by atoms with Crippen LogP contribution in [0.15, 0.2) is 54.7 Å². The fourth-order valence-corrected chi connectivity index (χ4v) is 5.04. The van der Waals surface area contributed by atoms with Gasteiger partial charge in [0.05, 0.1) is 28.7 Å². The van der Waals surface area contributed by atoms with Crippen LogP contribution >= 0.6 is 0 Å². The van der Waals surface area contributed by atoms with Crippen molar-refractivity contribution < 1.29 is 27.8 Å². The quantitative estimate of drug-likeness (QED) is 0.294. The van der Waals surface area contributed by atoms with Crippen LogP contribution in [-0.4, -0.2) is 39.5 Å². The number of pyridine rings is 1. The van der Waals surface area contributed by atoms with Gasteiger partial charge in [0.15, 0.2) is 11.6 Å². The Morgan fingerprint density at radius 3 is 2.49 bits per heavy atom. The molecule has 0 aliphatic carbocycles. The van der Waals surface area contributed by atoms with E-state index in [4.69, 9.17) is 9.72 Å². The molecule has 9 heteroatoms.